The van der Waals surface area contributed by atoms with Crippen molar-refractivity contribution < 1.29 is 17.9 Å². The Hall–Kier alpha value is -0.590. The van der Waals surface area contributed by atoms with Gasteiger partial charge in [0.05, 0.1) is 11.5 Å². The maximum absolute atomic E-state index is 11.8. The van der Waals surface area contributed by atoms with Crippen molar-refractivity contribution >= 4 is 37.0 Å². The molecule has 0 spiro atoms. The molecule has 108 valence electrons. The van der Waals surface area contributed by atoms with Crippen molar-refractivity contribution in [2.24, 2.45) is 5.92 Å². The van der Waals surface area contributed by atoms with E-state index < -0.39 is 15.0 Å². The van der Waals surface area contributed by atoms with Gasteiger partial charge in [-0.3, -0.25) is 0 Å². The molecule has 0 aliphatic rings. The molecular weight excluding hydrogens is 308 g/mol. The van der Waals surface area contributed by atoms with Crippen LogP contribution in [0.3, 0.4) is 0 Å². The fourth-order valence-corrected chi connectivity index (χ4v) is 4.15. The molecule has 19 heavy (non-hydrogen) atoms. The molecule has 1 heterocycles. The van der Waals surface area contributed by atoms with E-state index in [0.717, 1.165) is 24.2 Å². The summed E-state index contributed by atoms with van der Waals surface area (Å²) in [6.07, 6.45) is 1.88. The van der Waals surface area contributed by atoms with Gasteiger partial charge in [0, 0.05) is 15.6 Å². The van der Waals surface area contributed by atoms with Gasteiger partial charge in [0.25, 0.3) is 9.05 Å². The molecule has 0 unspecified atom stereocenters. The molecule has 0 aliphatic carbocycles. The number of rotatable bonds is 6. The van der Waals surface area contributed by atoms with E-state index in [4.69, 9.17) is 15.4 Å². The SMILES string of the molecule is CCC(CC)COC(=O)c1cc(S(=O)(=O)Cl)c(C)s1. The first-order valence-corrected chi connectivity index (χ1v) is 9.14. The van der Waals surface area contributed by atoms with Crippen molar-refractivity contribution in [3.8, 4) is 0 Å². The van der Waals surface area contributed by atoms with Crippen molar-refractivity contribution in [2.75, 3.05) is 6.61 Å². The molecule has 0 atom stereocenters. The van der Waals surface area contributed by atoms with E-state index in [-0.39, 0.29) is 9.77 Å². The summed E-state index contributed by atoms with van der Waals surface area (Å²) in [6, 6.07) is 1.28. The maximum Gasteiger partial charge on any atom is 0.348 e. The Morgan fingerprint density at radius 2 is 2.00 bits per heavy atom. The lowest BCUT2D eigenvalue weighted by Gasteiger charge is -2.11. The first-order valence-electron chi connectivity index (χ1n) is 6.01. The molecule has 1 aromatic rings. The van der Waals surface area contributed by atoms with Gasteiger partial charge < -0.3 is 4.74 Å². The minimum atomic E-state index is -3.81. The van der Waals surface area contributed by atoms with E-state index >= 15 is 0 Å². The minimum absolute atomic E-state index is 0.0198. The van der Waals surface area contributed by atoms with Crippen LogP contribution in [-0.4, -0.2) is 21.0 Å². The van der Waals surface area contributed by atoms with Crippen LogP contribution in [0.25, 0.3) is 0 Å². The number of carbonyl (C=O) groups is 1. The lowest BCUT2D eigenvalue weighted by molar-refractivity contribution is 0.0439. The van der Waals surface area contributed by atoms with Crippen LogP contribution < -0.4 is 0 Å². The number of halogens is 1. The topological polar surface area (TPSA) is 60.4 Å². The monoisotopic (exact) mass is 324 g/mol. The Labute approximate surface area is 122 Å². The summed E-state index contributed by atoms with van der Waals surface area (Å²) >= 11 is 1.08. The van der Waals surface area contributed by atoms with Crippen molar-refractivity contribution in [3.63, 3.8) is 0 Å². The number of thiophene rings is 1. The van der Waals surface area contributed by atoms with Crippen molar-refractivity contribution in [2.45, 2.75) is 38.5 Å². The zero-order valence-corrected chi connectivity index (χ0v) is 13.5. The molecule has 0 amide bonds. The van der Waals surface area contributed by atoms with Crippen LogP contribution in [0.2, 0.25) is 0 Å². The summed E-state index contributed by atoms with van der Waals surface area (Å²) in [4.78, 5) is 12.6. The predicted molar refractivity (Wildman–Crippen MR) is 76.4 cm³/mol. The number of aryl methyl sites for hydroxylation is 1. The van der Waals surface area contributed by atoms with Crippen LogP contribution in [-0.2, 0) is 13.8 Å². The Morgan fingerprint density at radius 1 is 1.42 bits per heavy atom. The summed E-state index contributed by atoms with van der Waals surface area (Å²) in [6.45, 7) is 6.04. The fourth-order valence-electron chi connectivity index (χ4n) is 1.60. The quantitative estimate of drug-likeness (QED) is 0.592. The lowest BCUT2D eigenvalue weighted by atomic mass is 10.1. The Balaban J connectivity index is 2.79. The van der Waals surface area contributed by atoms with E-state index in [0.29, 0.717) is 17.4 Å². The van der Waals surface area contributed by atoms with Crippen LogP contribution >= 0.6 is 22.0 Å². The van der Waals surface area contributed by atoms with Gasteiger partial charge in [-0.05, 0) is 18.9 Å². The second kappa shape index (κ2) is 6.72. The van der Waals surface area contributed by atoms with E-state index in [1.165, 1.54) is 6.07 Å². The van der Waals surface area contributed by atoms with E-state index in [9.17, 15) is 13.2 Å². The van der Waals surface area contributed by atoms with Gasteiger partial charge in [-0.15, -0.1) is 11.3 Å². The van der Waals surface area contributed by atoms with Gasteiger partial charge in [0.1, 0.15) is 4.88 Å². The second-order valence-electron chi connectivity index (χ2n) is 4.25. The second-order valence-corrected chi connectivity index (χ2v) is 8.04. The third-order valence-electron chi connectivity index (χ3n) is 2.94. The lowest BCUT2D eigenvalue weighted by Crippen LogP contribution is -2.12. The highest BCUT2D eigenvalue weighted by molar-refractivity contribution is 8.13. The number of ether oxygens (including phenoxy) is 1. The molecule has 0 radical (unpaired) electrons. The van der Waals surface area contributed by atoms with Crippen LogP contribution in [0.15, 0.2) is 11.0 Å². The summed E-state index contributed by atoms with van der Waals surface area (Å²) in [5.41, 5.74) is 0. The van der Waals surface area contributed by atoms with E-state index in [1.54, 1.807) is 6.92 Å². The Bertz CT molecular complexity index is 544. The summed E-state index contributed by atoms with van der Waals surface area (Å²) in [7, 11) is 1.47. The van der Waals surface area contributed by atoms with Crippen LogP contribution in [0.4, 0.5) is 0 Å². The molecule has 4 nitrogen and oxygen atoms in total. The highest BCUT2D eigenvalue weighted by Gasteiger charge is 2.21. The Kier molecular flexibility index (Phi) is 5.82. The molecule has 7 heteroatoms. The smallest absolute Gasteiger partial charge is 0.348 e. The predicted octanol–water partition coefficient (Wildman–Crippen LogP) is 3.58. The van der Waals surface area contributed by atoms with E-state index in [1.807, 2.05) is 13.8 Å². The molecule has 0 saturated carbocycles. The van der Waals surface area contributed by atoms with Gasteiger partial charge in [0.15, 0.2) is 0 Å². The standard InChI is InChI=1S/C12H17ClO4S2/c1-4-9(5-2)7-17-12(14)10-6-11(8(3)18-10)19(13,15)16/h6,9H,4-5,7H2,1-3H3. The summed E-state index contributed by atoms with van der Waals surface area (Å²) in [5, 5.41) is 0. The molecular formula is C12H17ClO4S2. The molecule has 0 saturated heterocycles. The number of hydrogen-bond donors (Lipinski definition) is 0. The molecule has 0 aromatic carbocycles. The summed E-state index contributed by atoms with van der Waals surface area (Å²) < 4.78 is 27.7. The highest BCUT2D eigenvalue weighted by Crippen LogP contribution is 2.28. The minimum Gasteiger partial charge on any atom is -0.461 e. The first kappa shape index (κ1) is 16.5. The number of carbonyl (C=O) groups excluding carboxylic acids is 1. The fraction of sp³-hybridized carbons (Fsp3) is 0.583. The van der Waals surface area contributed by atoms with Gasteiger partial charge in [-0.1, -0.05) is 26.7 Å². The normalized spacial score (nSPS) is 11.8. The zero-order chi connectivity index (χ0) is 14.6. The molecule has 0 bridgehead atoms. The molecule has 1 aromatic heterocycles. The third-order valence-corrected chi connectivity index (χ3v) is 5.55. The average molecular weight is 325 g/mol. The van der Waals surface area contributed by atoms with Gasteiger partial charge in [-0.2, -0.15) is 0 Å². The number of esters is 1. The van der Waals surface area contributed by atoms with Crippen LogP contribution in [0, 0.1) is 12.8 Å². The van der Waals surface area contributed by atoms with E-state index in [2.05, 4.69) is 0 Å². The maximum atomic E-state index is 11.8. The van der Waals surface area contributed by atoms with Crippen LogP contribution in [0.5, 0.6) is 0 Å². The first-order chi connectivity index (χ1) is 8.79. The molecule has 1 rings (SSSR count). The van der Waals surface area contributed by atoms with Crippen LogP contribution in [0.1, 0.15) is 41.2 Å². The number of hydrogen-bond acceptors (Lipinski definition) is 5. The molecule has 0 N–H and O–H groups in total. The highest BCUT2D eigenvalue weighted by atomic mass is 35.7. The van der Waals surface area contributed by atoms with Crippen molar-refractivity contribution in [3.05, 3.63) is 15.8 Å². The molecule has 0 aliphatic heterocycles. The van der Waals surface area contributed by atoms with Gasteiger partial charge in [0.2, 0.25) is 0 Å². The largest absolute Gasteiger partial charge is 0.461 e. The zero-order valence-electron chi connectivity index (χ0n) is 11.1. The van der Waals surface area contributed by atoms with Gasteiger partial charge >= 0.3 is 5.97 Å². The van der Waals surface area contributed by atoms with Crippen molar-refractivity contribution in [1.82, 2.24) is 0 Å². The van der Waals surface area contributed by atoms with Crippen molar-refractivity contribution in [1.29, 1.82) is 0 Å². The third kappa shape index (κ3) is 4.47. The molecule has 0 fully saturated rings. The average Bonchev–Trinajstić information content (AvgIpc) is 2.72. The summed E-state index contributed by atoms with van der Waals surface area (Å²) in [5.74, 6) is -0.159. The van der Waals surface area contributed by atoms with Gasteiger partial charge in [-0.25, -0.2) is 13.2 Å². The Morgan fingerprint density at radius 3 is 2.42 bits per heavy atom.